The van der Waals surface area contributed by atoms with Gasteiger partial charge >= 0.3 is 6.18 Å². The van der Waals surface area contributed by atoms with E-state index in [1.807, 2.05) is 19.1 Å². The van der Waals surface area contributed by atoms with E-state index in [0.29, 0.717) is 23.7 Å². The second-order valence-electron chi connectivity index (χ2n) is 7.37. The summed E-state index contributed by atoms with van der Waals surface area (Å²) in [5.41, 5.74) is 3.86. The summed E-state index contributed by atoms with van der Waals surface area (Å²) < 4.78 is 42.6. The third kappa shape index (κ3) is 7.62. The molecular formula is C24H27F3N2O4. The zero-order chi connectivity index (χ0) is 24.4. The maximum Gasteiger partial charge on any atom is 0.416 e. The minimum absolute atomic E-state index is 0.203. The molecule has 0 spiro atoms. The van der Waals surface area contributed by atoms with Crippen molar-refractivity contribution in [3.63, 3.8) is 0 Å². The van der Waals surface area contributed by atoms with Gasteiger partial charge in [-0.3, -0.25) is 4.79 Å². The third-order valence-corrected chi connectivity index (χ3v) is 4.96. The summed E-state index contributed by atoms with van der Waals surface area (Å²) in [6.07, 6.45) is -2.14. The molecule has 6 nitrogen and oxygen atoms in total. The zero-order valence-electron chi connectivity index (χ0n) is 19.0. The number of alkyl halides is 3. The Balaban J connectivity index is 0.000000890. The molecule has 0 radical (unpaired) electrons. The van der Waals surface area contributed by atoms with Gasteiger partial charge in [-0.1, -0.05) is 40.6 Å². The molecule has 178 valence electrons. The van der Waals surface area contributed by atoms with E-state index in [1.54, 1.807) is 13.0 Å². The SMILES string of the molecule is CO/N=C(/C)c1cccc(C2CC2)c1CO/N=C(\C)c1cccc(C(F)(F)F)c1.COC=O. The summed E-state index contributed by atoms with van der Waals surface area (Å²) in [7, 11) is 2.81. The molecule has 0 amide bonds. The molecule has 1 aliphatic carbocycles. The van der Waals surface area contributed by atoms with Crippen LogP contribution in [0.1, 0.15) is 60.4 Å². The number of methoxy groups -OCH3 is 1. The Bertz CT molecular complexity index is 999. The van der Waals surface area contributed by atoms with Crippen molar-refractivity contribution in [2.75, 3.05) is 14.2 Å². The van der Waals surface area contributed by atoms with E-state index in [-0.39, 0.29) is 6.61 Å². The van der Waals surface area contributed by atoms with Gasteiger partial charge in [0.05, 0.1) is 24.1 Å². The lowest BCUT2D eigenvalue weighted by atomic mass is 9.96. The standard InChI is InChI=1S/C22H23F3N2O2.C2H4O2/c1-14(17-6-4-7-18(12-17)22(23,24)25)27-29-13-21-19(15(2)26-28-3)8-5-9-20(21)16-10-11-16;1-4-2-3/h4-9,12,16H,10-11,13H2,1-3H3;2H,1H3/b26-15-,27-14+;. The molecule has 0 aromatic heterocycles. The van der Waals surface area contributed by atoms with E-state index in [1.165, 1.54) is 25.8 Å². The topological polar surface area (TPSA) is 69.5 Å². The lowest BCUT2D eigenvalue weighted by Gasteiger charge is -2.14. The molecule has 2 aromatic carbocycles. The summed E-state index contributed by atoms with van der Waals surface area (Å²) in [6, 6.07) is 11.1. The van der Waals surface area contributed by atoms with Crippen LogP contribution in [-0.2, 0) is 32.0 Å². The van der Waals surface area contributed by atoms with Crippen LogP contribution in [0.3, 0.4) is 0 Å². The fourth-order valence-corrected chi connectivity index (χ4v) is 3.23. The van der Waals surface area contributed by atoms with Crippen molar-refractivity contribution in [3.8, 4) is 0 Å². The second kappa shape index (κ2) is 12.0. The van der Waals surface area contributed by atoms with E-state index >= 15 is 0 Å². The van der Waals surface area contributed by atoms with E-state index in [0.717, 1.165) is 41.8 Å². The number of hydrogen-bond acceptors (Lipinski definition) is 6. The van der Waals surface area contributed by atoms with Crippen LogP contribution in [0.25, 0.3) is 0 Å². The molecule has 1 saturated carbocycles. The lowest BCUT2D eigenvalue weighted by Crippen LogP contribution is -2.08. The molecule has 9 heteroatoms. The Morgan fingerprint density at radius 3 is 2.30 bits per heavy atom. The fraction of sp³-hybridized carbons (Fsp3) is 0.375. The molecule has 0 heterocycles. The number of ether oxygens (including phenoxy) is 1. The molecule has 0 bridgehead atoms. The van der Waals surface area contributed by atoms with Crippen LogP contribution < -0.4 is 0 Å². The Kier molecular flexibility index (Phi) is 9.44. The summed E-state index contributed by atoms with van der Waals surface area (Å²) >= 11 is 0. The van der Waals surface area contributed by atoms with Gasteiger partial charge in [-0.05, 0) is 55.9 Å². The highest BCUT2D eigenvalue weighted by molar-refractivity contribution is 6.00. The molecule has 1 fully saturated rings. The van der Waals surface area contributed by atoms with Gasteiger partial charge in [-0.2, -0.15) is 13.2 Å². The molecule has 2 aromatic rings. The zero-order valence-corrected chi connectivity index (χ0v) is 19.0. The minimum Gasteiger partial charge on any atom is -0.471 e. The molecule has 0 aliphatic heterocycles. The van der Waals surface area contributed by atoms with Gasteiger partial charge in [-0.15, -0.1) is 0 Å². The summed E-state index contributed by atoms with van der Waals surface area (Å²) in [6.45, 7) is 4.06. The first kappa shape index (κ1) is 25.9. The van der Waals surface area contributed by atoms with Gasteiger partial charge in [0.15, 0.2) is 0 Å². The van der Waals surface area contributed by atoms with Gasteiger partial charge in [0, 0.05) is 11.1 Å². The van der Waals surface area contributed by atoms with Crippen LogP contribution in [0.4, 0.5) is 13.2 Å². The number of hydrogen-bond donors (Lipinski definition) is 0. The average molecular weight is 464 g/mol. The molecule has 0 saturated heterocycles. The summed E-state index contributed by atoms with van der Waals surface area (Å²) in [5, 5.41) is 8.08. The third-order valence-electron chi connectivity index (χ3n) is 4.96. The summed E-state index contributed by atoms with van der Waals surface area (Å²) in [5.74, 6) is 0.498. The molecule has 3 rings (SSSR count). The fourth-order valence-electron chi connectivity index (χ4n) is 3.23. The van der Waals surface area contributed by atoms with Crippen molar-refractivity contribution in [2.45, 2.75) is 45.4 Å². The molecule has 0 atom stereocenters. The van der Waals surface area contributed by atoms with Crippen molar-refractivity contribution in [1.82, 2.24) is 0 Å². The molecule has 0 N–H and O–H groups in total. The Labute approximate surface area is 191 Å². The number of oxime groups is 2. The number of benzene rings is 2. The number of nitrogens with zero attached hydrogens (tertiary/aromatic N) is 2. The second-order valence-corrected chi connectivity index (χ2v) is 7.37. The first-order chi connectivity index (χ1) is 15.7. The van der Waals surface area contributed by atoms with Crippen LogP contribution in [-0.4, -0.2) is 32.1 Å². The molecule has 0 unspecified atom stereocenters. The number of carbonyl (C=O) groups is 1. The normalized spacial score (nSPS) is 14.2. The van der Waals surface area contributed by atoms with Gasteiger partial charge in [0.2, 0.25) is 0 Å². The van der Waals surface area contributed by atoms with Crippen molar-refractivity contribution in [2.24, 2.45) is 10.3 Å². The van der Waals surface area contributed by atoms with Gasteiger partial charge in [-0.25, -0.2) is 0 Å². The lowest BCUT2D eigenvalue weighted by molar-refractivity contribution is -0.137. The number of halogens is 3. The first-order valence-corrected chi connectivity index (χ1v) is 10.2. The smallest absolute Gasteiger partial charge is 0.416 e. The monoisotopic (exact) mass is 464 g/mol. The van der Waals surface area contributed by atoms with E-state index in [2.05, 4.69) is 21.1 Å². The quantitative estimate of drug-likeness (QED) is 0.286. The Morgan fingerprint density at radius 2 is 1.73 bits per heavy atom. The predicted molar refractivity (Wildman–Crippen MR) is 119 cm³/mol. The number of carbonyl (C=O) groups excluding carboxylic acids is 1. The molecular weight excluding hydrogens is 437 g/mol. The Morgan fingerprint density at radius 1 is 1.06 bits per heavy atom. The van der Waals surface area contributed by atoms with Crippen LogP contribution in [0, 0.1) is 0 Å². The van der Waals surface area contributed by atoms with E-state index in [4.69, 9.17) is 14.5 Å². The van der Waals surface area contributed by atoms with Crippen molar-refractivity contribution in [3.05, 3.63) is 70.3 Å². The largest absolute Gasteiger partial charge is 0.471 e. The highest BCUT2D eigenvalue weighted by Gasteiger charge is 2.30. The van der Waals surface area contributed by atoms with Crippen molar-refractivity contribution >= 4 is 17.9 Å². The van der Waals surface area contributed by atoms with E-state index < -0.39 is 11.7 Å². The van der Waals surface area contributed by atoms with Gasteiger partial charge in [0.1, 0.15) is 13.7 Å². The van der Waals surface area contributed by atoms with Gasteiger partial charge in [0.25, 0.3) is 6.47 Å². The summed E-state index contributed by atoms with van der Waals surface area (Å²) in [4.78, 5) is 19.4. The minimum atomic E-state index is -4.40. The van der Waals surface area contributed by atoms with Crippen LogP contribution >= 0.6 is 0 Å². The predicted octanol–water partition coefficient (Wildman–Crippen LogP) is 5.68. The van der Waals surface area contributed by atoms with Crippen LogP contribution in [0.5, 0.6) is 0 Å². The van der Waals surface area contributed by atoms with Crippen molar-refractivity contribution < 1.29 is 32.4 Å². The molecule has 1 aliphatic rings. The maximum atomic E-state index is 12.9. The molecule has 33 heavy (non-hydrogen) atoms. The number of rotatable bonds is 8. The maximum absolute atomic E-state index is 12.9. The highest BCUT2D eigenvalue weighted by atomic mass is 19.4. The van der Waals surface area contributed by atoms with Crippen LogP contribution in [0.15, 0.2) is 52.8 Å². The van der Waals surface area contributed by atoms with Gasteiger partial charge < -0.3 is 14.4 Å². The Hall–Kier alpha value is -3.36. The van der Waals surface area contributed by atoms with Crippen molar-refractivity contribution in [1.29, 1.82) is 0 Å². The van der Waals surface area contributed by atoms with E-state index in [9.17, 15) is 13.2 Å². The average Bonchev–Trinajstić information content (AvgIpc) is 3.64. The van der Waals surface area contributed by atoms with Crippen LogP contribution in [0.2, 0.25) is 0 Å². The first-order valence-electron chi connectivity index (χ1n) is 10.2. The highest BCUT2D eigenvalue weighted by Crippen LogP contribution is 2.42.